The Balaban J connectivity index is 1.50. The minimum atomic E-state index is 0.0220. The zero-order valence-corrected chi connectivity index (χ0v) is 7.31. The van der Waals surface area contributed by atoms with Crippen LogP contribution in [0.5, 0.6) is 0 Å². The van der Waals surface area contributed by atoms with E-state index < -0.39 is 0 Å². The van der Waals surface area contributed by atoms with Crippen molar-refractivity contribution in [2.75, 3.05) is 13.1 Å². The Bertz CT molecular complexity index is 155. The maximum Gasteiger partial charge on any atom is 0.314 e. The summed E-state index contributed by atoms with van der Waals surface area (Å²) in [6, 6.07) is 0.0220. The lowest BCUT2D eigenvalue weighted by Crippen LogP contribution is -2.37. The SMILES string of the molecule is O=C(NCC1CC1)NCC1CC1. The van der Waals surface area contributed by atoms with Gasteiger partial charge in [0.2, 0.25) is 0 Å². The quantitative estimate of drug-likeness (QED) is 0.648. The Labute approximate surface area is 72.9 Å². The summed E-state index contributed by atoms with van der Waals surface area (Å²) in [4.78, 5) is 11.1. The van der Waals surface area contributed by atoms with Gasteiger partial charge in [0.05, 0.1) is 0 Å². The maximum absolute atomic E-state index is 11.1. The molecule has 2 aliphatic rings. The highest BCUT2D eigenvalue weighted by Crippen LogP contribution is 2.28. The van der Waals surface area contributed by atoms with Crippen molar-refractivity contribution in [2.45, 2.75) is 25.7 Å². The van der Waals surface area contributed by atoms with Crippen molar-refractivity contribution in [1.29, 1.82) is 0 Å². The van der Waals surface area contributed by atoms with Crippen molar-refractivity contribution >= 4 is 6.03 Å². The second kappa shape index (κ2) is 3.33. The van der Waals surface area contributed by atoms with Crippen LogP contribution in [0.15, 0.2) is 0 Å². The highest BCUT2D eigenvalue weighted by molar-refractivity contribution is 5.73. The Hall–Kier alpha value is -0.730. The fourth-order valence-corrected chi connectivity index (χ4v) is 1.18. The molecule has 2 rings (SSSR count). The predicted octanol–water partition coefficient (Wildman–Crippen LogP) is 1.11. The third-order valence-corrected chi connectivity index (χ3v) is 2.50. The van der Waals surface area contributed by atoms with Gasteiger partial charge in [0.1, 0.15) is 0 Å². The molecule has 0 spiro atoms. The second-order valence-corrected chi connectivity index (χ2v) is 3.98. The summed E-state index contributed by atoms with van der Waals surface area (Å²) in [6.07, 6.45) is 5.18. The zero-order chi connectivity index (χ0) is 8.39. The molecule has 12 heavy (non-hydrogen) atoms. The fraction of sp³-hybridized carbons (Fsp3) is 0.889. The van der Waals surface area contributed by atoms with Gasteiger partial charge in [0, 0.05) is 13.1 Å². The molecule has 2 N–H and O–H groups in total. The minimum absolute atomic E-state index is 0.0220. The summed E-state index contributed by atoms with van der Waals surface area (Å²) in [5, 5.41) is 5.76. The fourth-order valence-electron chi connectivity index (χ4n) is 1.18. The molecule has 0 aromatic carbocycles. The van der Waals surface area contributed by atoms with Crippen LogP contribution in [0.1, 0.15) is 25.7 Å². The van der Waals surface area contributed by atoms with Crippen LogP contribution in [-0.2, 0) is 0 Å². The van der Waals surface area contributed by atoms with E-state index in [0.29, 0.717) is 0 Å². The number of nitrogens with one attached hydrogen (secondary N) is 2. The van der Waals surface area contributed by atoms with Crippen molar-refractivity contribution in [3.63, 3.8) is 0 Å². The van der Waals surface area contributed by atoms with Crippen molar-refractivity contribution in [2.24, 2.45) is 11.8 Å². The van der Waals surface area contributed by atoms with Crippen LogP contribution in [-0.4, -0.2) is 19.1 Å². The van der Waals surface area contributed by atoms with Gasteiger partial charge in [-0.2, -0.15) is 0 Å². The Morgan fingerprint density at radius 3 is 1.75 bits per heavy atom. The minimum Gasteiger partial charge on any atom is -0.338 e. The molecule has 2 saturated carbocycles. The molecule has 0 aliphatic heterocycles. The first-order valence-electron chi connectivity index (χ1n) is 4.86. The van der Waals surface area contributed by atoms with Gasteiger partial charge in [-0.05, 0) is 37.5 Å². The molecule has 68 valence electrons. The number of rotatable bonds is 4. The Morgan fingerprint density at radius 1 is 1.00 bits per heavy atom. The second-order valence-electron chi connectivity index (χ2n) is 3.98. The maximum atomic E-state index is 11.1. The van der Waals surface area contributed by atoms with E-state index in [4.69, 9.17) is 0 Å². The summed E-state index contributed by atoms with van der Waals surface area (Å²) >= 11 is 0. The van der Waals surface area contributed by atoms with Gasteiger partial charge in [-0.3, -0.25) is 0 Å². The summed E-state index contributed by atoms with van der Waals surface area (Å²) in [6.45, 7) is 1.74. The molecular weight excluding hydrogens is 152 g/mol. The van der Waals surface area contributed by atoms with E-state index in [9.17, 15) is 4.79 Å². The number of carbonyl (C=O) groups is 1. The van der Waals surface area contributed by atoms with Crippen LogP contribution in [0, 0.1) is 11.8 Å². The normalized spacial score (nSPS) is 22.0. The first kappa shape index (κ1) is 7.90. The highest BCUT2D eigenvalue weighted by Gasteiger charge is 2.23. The molecule has 2 amide bonds. The molecule has 0 aromatic rings. The average molecular weight is 168 g/mol. The smallest absolute Gasteiger partial charge is 0.314 e. The molecule has 0 aromatic heterocycles. The highest BCUT2D eigenvalue weighted by atomic mass is 16.2. The van der Waals surface area contributed by atoms with E-state index >= 15 is 0 Å². The molecular formula is C9H16N2O. The molecule has 2 fully saturated rings. The van der Waals surface area contributed by atoms with E-state index in [1.165, 1.54) is 25.7 Å². The average Bonchev–Trinajstić information content (AvgIpc) is 2.89. The number of amides is 2. The number of urea groups is 1. The Morgan fingerprint density at radius 2 is 1.42 bits per heavy atom. The van der Waals surface area contributed by atoms with Gasteiger partial charge in [-0.15, -0.1) is 0 Å². The third kappa shape index (κ3) is 2.72. The van der Waals surface area contributed by atoms with E-state index in [2.05, 4.69) is 10.6 Å². The predicted molar refractivity (Wildman–Crippen MR) is 46.8 cm³/mol. The molecule has 0 saturated heterocycles. The van der Waals surface area contributed by atoms with Crippen molar-refractivity contribution in [3.8, 4) is 0 Å². The van der Waals surface area contributed by atoms with Crippen LogP contribution < -0.4 is 10.6 Å². The van der Waals surface area contributed by atoms with Gasteiger partial charge in [0.25, 0.3) is 0 Å². The molecule has 0 unspecified atom stereocenters. The van der Waals surface area contributed by atoms with Crippen molar-refractivity contribution in [1.82, 2.24) is 10.6 Å². The molecule has 0 heterocycles. The van der Waals surface area contributed by atoms with Crippen LogP contribution in [0.25, 0.3) is 0 Å². The number of hydrogen-bond donors (Lipinski definition) is 2. The molecule has 3 nitrogen and oxygen atoms in total. The lowest BCUT2D eigenvalue weighted by molar-refractivity contribution is 0.240. The lowest BCUT2D eigenvalue weighted by atomic mass is 10.4. The van der Waals surface area contributed by atoms with E-state index in [-0.39, 0.29) is 6.03 Å². The number of carbonyl (C=O) groups excluding carboxylic acids is 1. The van der Waals surface area contributed by atoms with Crippen LogP contribution in [0.3, 0.4) is 0 Å². The van der Waals surface area contributed by atoms with Gasteiger partial charge in [0.15, 0.2) is 0 Å². The molecule has 0 atom stereocenters. The topological polar surface area (TPSA) is 41.1 Å². The van der Waals surface area contributed by atoms with Crippen molar-refractivity contribution < 1.29 is 4.79 Å². The molecule has 0 bridgehead atoms. The summed E-state index contributed by atoms with van der Waals surface area (Å²) < 4.78 is 0. The summed E-state index contributed by atoms with van der Waals surface area (Å²) in [7, 11) is 0. The van der Waals surface area contributed by atoms with Gasteiger partial charge in [-0.1, -0.05) is 0 Å². The van der Waals surface area contributed by atoms with Crippen LogP contribution in [0.4, 0.5) is 4.79 Å². The van der Waals surface area contributed by atoms with E-state index in [0.717, 1.165) is 24.9 Å². The first-order chi connectivity index (χ1) is 5.84. The molecule has 0 radical (unpaired) electrons. The standard InChI is InChI=1S/C9H16N2O/c12-9(10-5-7-1-2-7)11-6-8-3-4-8/h7-8H,1-6H2,(H2,10,11,12). The van der Waals surface area contributed by atoms with Crippen LogP contribution in [0.2, 0.25) is 0 Å². The van der Waals surface area contributed by atoms with E-state index in [1.54, 1.807) is 0 Å². The monoisotopic (exact) mass is 168 g/mol. The largest absolute Gasteiger partial charge is 0.338 e. The van der Waals surface area contributed by atoms with Gasteiger partial charge >= 0.3 is 6.03 Å². The summed E-state index contributed by atoms with van der Waals surface area (Å²) in [5.74, 6) is 1.55. The van der Waals surface area contributed by atoms with Gasteiger partial charge < -0.3 is 10.6 Å². The molecule has 3 heteroatoms. The third-order valence-electron chi connectivity index (χ3n) is 2.50. The first-order valence-corrected chi connectivity index (χ1v) is 4.86. The zero-order valence-electron chi connectivity index (χ0n) is 7.31. The summed E-state index contributed by atoms with van der Waals surface area (Å²) in [5.41, 5.74) is 0. The Kier molecular flexibility index (Phi) is 2.19. The number of hydrogen-bond acceptors (Lipinski definition) is 1. The van der Waals surface area contributed by atoms with Crippen molar-refractivity contribution in [3.05, 3.63) is 0 Å². The van der Waals surface area contributed by atoms with E-state index in [1.807, 2.05) is 0 Å². The lowest BCUT2D eigenvalue weighted by Gasteiger charge is -2.05. The molecule has 2 aliphatic carbocycles. The van der Waals surface area contributed by atoms with Crippen LogP contribution >= 0.6 is 0 Å². The van der Waals surface area contributed by atoms with Gasteiger partial charge in [-0.25, -0.2) is 4.79 Å².